The van der Waals surface area contributed by atoms with Crippen LogP contribution in [0.4, 0.5) is 0 Å². The summed E-state index contributed by atoms with van der Waals surface area (Å²) in [5.41, 5.74) is 0.476. The van der Waals surface area contributed by atoms with Gasteiger partial charge in [-0.05, 0) is 36.5 Å². The zero-order valence-corrected chi connectivity index (χ0v) is 8.89. The highest BCUT2D eigenvalue weighted by atomic mass is 16.5. The van der Waals surface area contributed by atoms with Crippen LogP contribution in [-0.2, 0) is 4.74 Å². The molecule has 1 rings (SSSR count). The van der Waals surface area contributed by atoms with Crippen molar-refractivity contribution in [1.82, 2.24) is 0 Å². The van der Waals surface area contributed by atoms with Crippen LogP contribution in [0.5, 0.6) is 0 Å². The van der Waals surface area contributed by atoms with Crippen molar-refractivity contribution in [3.8, 4) is 0 Å². The third-order valence-electron chi connectivity index (χ3n) is 3.31. The molecule has 0 amide bonds. The minimum Gasteiger partial charge on any atom is -0.384 e. The molecule has 0 aromatic rings. The Labute approximate surface area is 76.5 Å². The first-order chi connectivity index (χ1) is 5.57. The molecule has 0 aromatic heterocycles. The van der Waals surface area contributed by atoms with Crippen LogP contribution >= 0.6 is 0 Å². The minimum atomic E-state index is 0.476. The van der Waals surface area contributed by atoms with E-state index in [1.54, 1.807) is 0 Å². The zero-order chi connectivity index (χ0) is 9.19. The average molecular weight is 170 g/mol. The van der Waals surface area contributed by atoms with Gasteiger partial charge in [-0.2, -0.15) is 0 Å². The van der Waals surface area contributed by atoms with Crippen LogP contribution in [-0.4, -0.2) is 13.7 Å². The highest BCUT2D eigenvalue weighted by molar-refractivity contribution is 4.86. The van der Waals surface area contributed by atoms with Gasteiger partial charge in [0.15, 0.2) is 0 Å². The Morgan fingerprint density at radius 1 is 1.50 bits per heavy atom. The first-order valence-electron chi connectivity index (χ1n) is 5.06. The van der Waals surface area contributed by atoms with E-state index in [-0.39, 0.29) is 0 Å². The van der Waals surface area contributed by atoms with Gasteiger partial charge in [0.2, 0.25) is 0 Å². The van der Waals surface area contributed by atoms with E-state index in [1.165, 1.54) is 19.3 Å². The molecule has 1 nitrogen and oxygen atoms in total. The third-order valence-corrected chi connectivity index (χ3v) is 3.31. The van der Waals surface area contributed by atoms with Gasteiger partial charge in [0.05, 0.1) is 6.61 Å². The van der Waals surface area contributed by atoms with E-state index in [9.17, 15) is 0 Å². The molecule has 1 aliphatic rings. The first-order valence-corrected chi connectivity index (χ1v) is 5.06. The molecule has 1 saturated carbocycles. The van der Waals surface area contributed by atoms with Crippen LogP contribution in [0, 0.1) is 17.3 Å². The third kappa shape index (κ3) is 2.22. The van der Waals surface area contributed by atoms with Crippen molar-refractivity contribution in [2.24, 2.45) is 17.3 Å². The van der Waals surface area contributed by atoms with E-state index >= 15 is 0 Å². The molecule has 0 bridgehead atoms. The number of methoxy groups -OCH3 is 1. The fourth-order valence-electron chi connectivity index (χ4n) is 2.42. The van der Waals surface area contributed by atoms with Crippen molar-refractivity contribution in [2.75, 3.05) is 13.7 Å². The summed E-state index contributed by atoms with van der Waals surface area (Å²) in [4.78, 5) is 0. The van der Waals surface area contributed by atoms with Crippen LogP contribution in [0.25, 0.3) is 0 Å². The molecule has 72 valence electrons. The smallest absolute Gasteiger partial charge is 0.0516 e. The van der Waals surface area contributed by atoms with Crippen molar-refractivity contribution in [3.05, 3.63) is 0 Å². The van der Waals surface area contributed by atoms with Crippen LogP contribution in [0.2, 0.25) is 0 Å². The Bertz CT molecular complexity index is 142. The fourth-order valence-corrected chi connectivity index (χ4v) is 2.42. The van der Waals surface area contributed by atoms with E-state index in [0.29, 0.717) is 5.41 Å². The molecule has 0 aromatic carbocycles. The van der Waals surface area contributed by atoms with Crippen LogP contribution in [0.3, 0.4) is 0 Å². The Kier molecular flexibility index (Phi) is 3.16. The predicted octanol–water partition coefficient (Wildman–Crippen LogP) is 3.10. The molecule has 1 heteroatoms. The molecule has 12 heavy (non-hydrogen) atoms. The summed E-state index contributed by atoms with van der Waals surface area (Å²) in [6.07, 6.45) is 4.11. The molecule has 0 spiro atoms. The Morgan fingerprint density at radius 2 is 2.17 bits per heavy atom. The maximum absolute atomic E-state index is 5.26. The first kappa shape index (κ1) is 10.0. The monoisotopic (exact) mass is 170 g/mol. The van der Waals surface area contributed by atoms with Crippen molar-refractivity contribution in [2.45, 2.75) is 40.0 Å². The molecule has 0 saturated heterocycles. The van der Waals surface area contributed by atoms with Gasteiger partial charge in [0.25, 0.3) is 0 Å². The van der Waals surface area contributed by atoms with Gasteiger partial charge < -0.3 is 4.74 Å². The van der Waals surface area contributed by atoms with Crippen LogP contribution < -0.4 is 0 Å². The van der Waals surface area contributed by atoms with Gasteiger partial charge in [0, 0.05) is 7.11 Å². The molecule has 1 aliphatic carbocycles. The van der Waals surface area contributed by atoms with Crippen molar-refractivity contribution >= 4 is 0 Å². The fraction of sp³-hybridized carbons (Fsp3) is 1.00. The summed E-state index contributed by atoms with van der Waals surface area (Å²) in [7, 11) is 1.81. The topological polar surface area (TPSA) is 9.23 Å². The number of rotatable bonds is 3. The molecule has 0 radical (unpaired) electrons. The van der Waals surface area contributed by atoms with E-state index in [4.69, 9.17) is 4.74 Å². The Hall–Kier alpha value is -0.0400. The molecule has 1 fully saturated rings. The Morgan fingerprint density at radius 3 is 2.58 bits per heavy atom. The summed E-state index contributed by atoms with van der Waals surface area (Å²) in [5.74, 6) is 1.79. The molecule has 0 aliphatic heterocycles. The highest BCUT2D eigenvalue weighted by Crippen LogP contribution is 2.44. The lowest BCUT2D eigenvalue weighted by atomic mass is 9.86. The summed E-state index contributed by atoms with van der Waals surface area (Å²) in [6.45, 7) is 7.97. The van der Waals surface area contributed by atoms with Gasteiger partial charge in [-0.25, -0.2) is 0 Å². The SMILES string of the molecule is COCC1(C)CCC(C(C)C)C1. The summed E-state index contributed by atoms with van der Waals surface area (Å²) >= 11 is 0. The molecule has 2 unspecified atom stereocenters. The largest absolute Gasteiger partial charge is 0.384 e. The quantitative estimate of drug-likeness (QED) is 0.632. The van der Waals surface area contributed by atoms with Crippen LogP contribution in [0.1, 0.15) is 40.0 Å². The standard InChI is InChI=1S/C11H22O/c1-9(2)10-5-6-11(3,7-10)8-12-4/h9-10H,5-8H2,1-4H3. The maximum atomic E-state index is 5.26. The second-order valence-corrected chi connectivity index (χ2v) is 4.99. The predicted molar refractivity (Wildman–Crippen MR) is 52.2 cm³/mol. The molecular formula is C11H22O. The van der Waals surface area contributed by atoms with Gasteiger partial charge >= 0.3 is 0 Å². The normalized spacial score (nSPS) is 36.2. The molecular weight excluding hydrogens is 148 g/mol. The number of ether oxygens (including phenoxy) is 1. The summed E-state index contributed by atoms with van der Waals surface area (Å²) in [6, 6.07) is 0. The van der Waals surface area contributed by atoms with Crippen molar-refractivity contribution in [3.63, 3.8) is 0 Å². The van der Waals surface area contributed by atoms with Gasteiger partial charge in [0.1, 0.15) is 0 Å². The minimum absolute atomic E-state index is 0.476. The van der Waals surface area contributed by atoms with Crippen LogP contribution in [0.15, 0.2) is 0 Å². The van der Waals surface area contributed by atoms with E-state index in [2.05, 4.69) is 20.8 Å². The number of hydrogen-bond acceptors (Lipinski definition) is 1. The van der Waals surface area contributed by atoms with E-state index in [1.807, 2.05) is 7.11 Å². The average Bonchev–Trinajstić information content (AvgIpc) is 2.33. The maximum Gasteiger partial charge on any atom is 0.0516 e. The molecule has 2 atom stereocenters. The molecule has 0 N–H and O–H groups in total. The van der Waals surface area contributed by atoms with Gasteiger partial charge in [-0.3, -0.25) is 0 Å². The van der Waals surface area contributed by atoms with Gasteiger partial charge in [-0.1, -0.05) is 20.8 Å². The Balaban J connectivity index is 2.43. The summed E-state index contributed by atoms with van der Waals surface area (Å²) < 4.78 is 5.26. The van der Waals surface area contributed by atoms with Crippen molar-refractivity contribution < 1.29 is 4.74 Å². The molecule has 0 heterocycles. The second-order valence-electron chi connectivity index (χ2n) is 4.99. The lowest BCUT2D eigenvalue weighted by molar-refractivity contribution is 0.0917. The zero-order valence-electron chi connectivity index (χ0n) is 8.89. The van der Waals surface area contributed by atoms with E-state index in [0.717, 1.165) is 18.4 Å². The summed E-state index contributed by atoms with van der Waals surface area (Å²) in [5, 5.41) is 0. The van der Waals surface area contributed by atoms with Gasteiger partial charge in [-0.15, -0.1) is 0 Å². The van der Waals surface area contributed by atoms with Crippen molar-refractivity contribution in [1.29, 1.82) is 0 Å². The lowest BCUT2D eigenvalue weighted by Gasteiger charge is -2.23. The van der Waals surface area contributed by atoms with E-state index < -0.39 is 0 Å². The number of hydrogen-bond donors (Lipinski definition) is 0. The lowest BCUT2D eigenvalue weighted by Crippen LogP contribution is -2.19. The second kappa shape index (κ2) is 3.78. The highest BCUT2D eigenvalue weighted by Gasteiger charge is 2.35.